The zero-order valence-corrected chi connectivity index (χ0v) is 7.13. The smallest absolute Gasteiger partial charge is 0.141 e. The Bertz CT molecular complexity index is 297. The molecule has 66 valence electrons. The summed E-state index contributed by atoms with van der Waals surface area (Å²) in [7, 11) is 0. The summed E-state index contributed by atoms with van der Waals surface area (Å²) in [5, 5.41) is 9.16. The molecule has 0 saturated carbocycles. The van der Waals surface area contributed by atoms with Gasteiger partial charge in [0.05, 0.1) is 5.69 Å². The lowest BCUT2D eigenvalue weighted by molar-refractivity contribution is 0.470. The molecule has 0 fully saturated rings. The Morgan fingerprint density at radius 2 is 2.00 bits per heavy atom. The van der Waals surface area contributed by atoms with Gasteiger partial charge in [0.25, 0.3) is 0 Å². The van der Waals surface area contributed by atoms with E-state index in [1.807, 2.05) is 13.8 Å². The van der Waals surface area contributed by atoms with Gasteiger partial charge in [-0.25, -0.2) is 4.39 Å². The summed E-state index contributed by atoms with van der Waals surface area (Å²) in [4.78, 5) is 0. The minimum atomic E-state index is -0.453. The average Bonchev–Trinajstić information content (AvgIpc) is 1.96. The number of phenols is 1. The van der Waals surface area contributed by atoms with Gasteiger partial charge in [-0.3, -0.25) is 0 Å². The highest BCUT2D eigenvalue weighted by atomic mass is 19.1. The number of rotatable bonds is 1. The van der Waals surface area contributed by atoms with Crippen molar-refractivity contribution in [3.63, 3.8) is 0 Å². The van der Waals surface area contributed by atoms with E-state index in [0.29, 0.717) is 5.56 Å². The molecule has 0 aliphatic heterocycles. The summed E-state index contributed by atoms with van der Waals surface area (Å²) < 4.78 is 12.8. The fourth-order valence-electron chi connectivity index (χ4n) is 1.10. The molecule has 0 aliphatic rings. The molecule has 1 rings (SSSR count). The van der Waals surface area contributed by atoms with Crippen molar-refractivity contribution in [3.05, 3.63) is 23.5 Å². The third-order valence-electron chi connectivity index (χ3n) is 1.78. The van der Waals surface area contributed by atoms with E-state index in [0.717, 1.165) is 6.07 Å². The Balaban J connectivity index is 3.28. The first-order valence-electron chi connectivity index (χ1n) is 3.80. The molecule has 0 radical (unpaired) electrons. The first-order valence-corrected chi connectivity index (χ1v) is 3.80. The highest BCUT2D eigenvalue weighted by Gasteiger charge is 2.09. The maximum absolute atomic E-state index is 12.8. The Labute approximate surface area is 70.8 Å². The maximum Gasteiger partial charge on any atom is 0.141 e. The SMILES string of the molecule is CC(C)c1cc(F)cc(O)c1N. The number of anilines is 1. The molecule has 0 heterocycles. The zero-order chi connectivity index (χ0) is 9.30. The molecule has 0 aromatic heterocycles. The Hall–Kier alpha value is -1.25. The van der Waals surface area contributed by atoms with Gasteiger partial charge in [0.15, 0.2) is 0 Å². The summed E-state index contributed by atoms with van der Waals surface area (Å²) in [6.45, 7) is 3.79. The van der Waals surface area contributed by atoms with Crippen molar-refractivity contribution in [3.8, 4) is 5.75 Å². The molecule has 0 spiro atoms. The molecule has 0 unspecified atom stereocenters. The predicted molar refractivity (Wildman–Crippen MR) is 46.6 cm³/mol. The lowest BCUT2D eigenvalue weighted by atomic mass is 10.0. The number of hydrogen-bond acceptors (Lipinski definition) is 2. The lowest BCUT2D eigenvalue weighted by Gasteiger charge is -2.10. The molecule has 12 heavy (non-hydrogen) atoms. The number of nitrogen functional groups attached to an aromatic ring is 1. The minimum Gasteiger partial charge on any atom is -0.506 e. The first-order chi connectivity index (χ1) is 5.52. The van der Waals surface area contributed by atoms with Gasteiger partial charge in [0.1, 0.15) is 11.6 Å². The fraction of sp³-hybridized carbons (Fsp3) is 0.333. The van der Waals surface area contributed by atoms with Crippen LogP contribution in [-0.4, -0.2) is 5.11 Å². The molecule has 0 atom stereocenters. The van der Waals surface area contributed by atoms with Crippen LogP contribution in [0.25, 0.3) is 0 Å². The van der Waals surface area contributed by atoms with E-state index >= 15 is 0 Å². The van der Waals surface area contributed by atoms with Crippen LogP contribution in [0.5, 0.6) is 5.75 Å². The van der Waals surface area contributed by atoms with Gasteiger partial charge in [-0.05, 0) is 17.5 Å². The molecular formula is C9H12FNO. The van der Waals surface area contributed by atoms with Gasteiger partial charge in [-0.2, -0.15) is 0 Å². The largest absolute Gasteiger partial charge is 0.506 e. The monoisotopic (exact) mass is 169 g/mol. The van der Waals surface area contributed by atoms with Crippen LogP contribution in [0.1, 0.15) is 25.3 Å². The van der Waals surface area contributed by atoms with Crippen molar-refractivity contribution in [2.75, 3.05) is 5.73 Å². The number of halogens is 1. The quantitative estimate of drug-likeness (QED) is 0.500. The van der Waals surface area contributed by atoms with Gasteiger partial charge in [-0.1, -0.05) is 13.8 Å². The molecule has 0 saturated heterocycles. The van der Waals surface area contributed by atoms with Gasteiger partial charge < -0.3 is 10.8 Å². The van der Waals surface area contributed by atoms with Crippen LogP contribution in [0.15, 0.2) is 12.1 Å². The minimum absolute atomic E-state index is 0.117. The number of nitrogens with two attached hydrogens (primary N) is 1. The van der Waals surface area contributed by atoms with Crippen molar-refractivity contribution < 1.29 is 9.50 Å². The highest BCUT2D eigenvalue weighted by molar-refractivity contribution is 5.58. The molecule has 2 nitrogen and oxygen atoms in total. The number of aromatic hydroxyl groups is 1. The predicted octanol–water partition coefficient (Wildman–Crippen LogP) is 2.24. The van der Waals surface area contributed by atoms with Gasteiger partial charge in [0, 0.05) is 6.07 Å². The highest BCUT2D eigenvalue weighted by Crippen LogP contribution is 2.30. The van der Waals surface area contributed by atoms with Crippen LogP contribution in [0.4, 0.5) is 10.1 Å². The van der Waals surface area contributed by atoms with Crippen molar-refractivity contribution in [1.82, 2.24) is 0 Å². The van der Waals surface area contributed by atoms with E-state index in [1.165, 1.54) is 6.07 Å². The summed E-state index contributed by atoms with van der Waals surface area (Å²) in [6.07, 6.45) is 0. The Kier molecular flexibility index (Phi) is 2.22. The summed E-state index contributed by atoms with van der Waals surface area (Å²) in [5.74, 6) is -0.518. The van der Waals surface area contributed by atoms with E-state index in [1.54, 1.807) is 0 Å². The van der Waals surface area contributed by atoms with E-state index in [9.17, 15) is 4.39 Å². The number of benzene rings is 1. The van der Waals surface area contributed by atoms with E-state index in [-0.39, 0.29) is 17.4 Å². The summed E-state index contributed by atoms with van der Waals surface area (Å²) in [6, 6.07) is 2.36. The van der Waals surface area contributed by atoms with Crippen LogP contribution in [0.2, 0.25) is 0 Å². The van der Waals surface area contributed by atoms with Crippen molar-refractivity contribution in [2.24, 2.45) is 0 Å². The van der Waals surface area contributed by atoms with Crippen LogP contribution < -0.4 is 5.73 Å². The molecular weight excluding hydrogens is 157 g/mol. The number of phenolic OH excluding ortho intramolecular Hbond substituents is 1. The topological polar surface area (TPSA) is 46.2 Å². The molecule has 3 N–H and O–H groups in total. The van der Waals surface area contributed by atoms with Crippen LogP contribution in [0, 0.1) is 5.82 Å². The molecule has 0 aliphatic carbocycles. The Morgan fingerprint density at radius 3 is 2.50 bits per heavy atom. The first kappa shape index (κ1) is 8.84. The maximum atomic E-state index is 12.8. The summed E-state index contributed by atoms with van der Waals surface area (Å²) in [5.41, 5.74) is 6.45. The van der Waals surface area contributed by atoms with Crippen molar-refractivity contribution in [2.45, 2.75) is 19.8 Å². The molecule has 1 aromatic rings. The van der Waals surface area contributed by atoms with E-state index in [4.69, 9.17) is 10.8 Å². The van der Waals surface area contributed by atoms with Gasteiger partial charge in [0.2, 0.25) is 0 Å². The van der Waals surface area contributed by atoms with E-state index in [2.05, 4.69) is 0 Å². The standard InChI is InChI=1S/C9H12FNO/c1-5(2)7-3-6(10)4-8(12)9(7)11/h3-5,12H,11H2,1-2H3. The van der Waals surface area contributed by atoms with E-state index < -0.39 is 5.82 Å². The van der Waals surface area contributed by atoms with Crippen molar-refractivity contribution in [1.29, 1.82) is 0 Å². The third kappa shape index (κ3) is 1.49. The Morgan fingerprint density at radius 1 is 1.42 bits per heavy atom. The molecule has 3 heteroatoms. The zero-order valence-electron chi connectivity index (χ0n) is 7.13. The van der Waals surface area contributed by atoms with Crippen LogP contribution in [-0.2, 0) is 0 Å². The fourth-order valence-corrected chi connectivity index (χ4v) is 1.10. The summed E-state index contributed by atoms with van der Waals surface area (Å²) >= 11 is 0. The number of hydrogen-bond donors (Lipinski definition) is 2. The normalized spacial score (nSPS) is 10.7. The van der Waals surface area contributed by atoms with Crippen LogP contribution in [0.3, 0.4) is 0 Å². The molecule has 1 aromatic carbocycles. The van der Waals surface area contributed by atoms with Crippen molar-refractivity contribution >= 4 is 5.69 Å². The molecule has 0 amide bonds. The third-order valence-corrected chi connectivity index (χ3v) is 1.78. The van der Waals surface area contributed by atoms with Gasteiger partial charge in [-0.15, -0.1) is 0 Å². The lowest BCUT2D eigenvalue weighted by Crippen LogP contribution is -1.97. The molecule has 0 bridgehead atoms. The van der Waals surface area contributed by atoms with Crippen LogP contribution >= 0.6 is 0 Å². The second kappa shape index (κ2) is 3.01. The second-order valence-electron chi connectivity index (χ2n) is 3.08. The van der Waals surface area contributed by atoms with Gasteiger partial charge >= 0.3 is 0 Å². The second-order valence-corrected chi connectivity index (χ2v) is 3.08. The average molecular weight is 169 g/mol.